The Bertz CT molecular complexity index is 1150. The summed E-state index contributed by atoms with van der Waals surface area (Å²) in [6.45, 7) is -0.941. The van der Waals surface area contributed by atoms with Gasteiger partial charge >= 0.3 is 6.18 Å². The molecule has 1 N–H and O–H groups in total. The number of thiophene rings is 1. The van der Waals surface area contributed by atoms with Crippen molar-refractivity contribution in [2.75, 3.05) is 5.32 Å². The molecule has 13 heteroatoms. The van der Waals surface area contributed by atoms with Crippen LogP contribution in [0.5, 0.6) is 0 Å². The van der Waals surface area contributed by atoms with Crippen molar-refractivity contribution in [1.82, 2.24) is 14.1 Å². The van der Waals surface area contributed by atoms with Crippen LogP contribution in [0.25, 0.3) is 11.4 Å². The number of carbonyl (C=O) groups excluding carboxylic acids is 1. The number of pyridine rings is 1. The molecule has 3 aromatic rings. The highest BCUT2D eigenvalue weighted by Gasteiger charge is 2.36. The van der Waals surface area contributed by atoms with Gasteiger partial charge in [0.05, 0.1) is 27.7 Å². The first-order chi connectivity index (χ1) is 14.0. The monoisotopic (exact) mass is 466 g/mol. The summed E-state index contributed by atoms with van der Waals surface area (Å²) in [5.74, 6) is -0.775. The molecule has 0 bridgehead atoms. The van der Waals surface area contributed by atoms with Gasteiger partial charge in [0, 0.05) is 25.6 Å². The van der Waals surface area contributed by atoms with Gasteiger partial charge in [0.25, 0.3) is 17.9 Å². The lowest BCUT2D eigenvalue weighted by Gasteiger charge is -2.12. The number of anilines is 1. The van der Waals surface area contributed by atoms with Crippen LogP contribution in [0.1, 0.15) is 14.5 Å². The van der Waals surface area contributed by atoms with Crippen molar-refractivity contribution >= 4 is 34.5 Å². The maximum absolute atomic E-state index is 12.9. The fraction of sp³-hybridized carbons (Fsp3) is 0.235. The minimum atomic E-state index is -4.73. The molecule has 160 valence electrons. The number of hydrogen-bond acceptors (Lipinski definition) is 4. The molecule has 3 heterocycles. The molecule has 3 aromatic heterocycles. The largest absolute Gasteiger partial charge is 0.427 e. The van der Waals surface area contributed by atoms with Crippen LogP contribution in [0.3, 0.4) is 0 Å². The third-order valence-corrected chi connectivity index (χ3v) is 5.50. The Hall–Kier alpha value is -2.73. The number of hydrogen-bond donors (Lipinski definition) is 1. The Balaban J connectivity index is 2.00. The quantitative estimate of drug-likeness (QED) is 0.563. The summed E-state index contributed by atoms with van der Waals surface area (Å²) in [5.41, 5.74) is -0.904. The summed E-state index contributed by atoms with van der Waals surface area (Å²) >= 11 is 5.70. The maximum atomic E-state index is 12.9. The number of carbonyl (C=O) groups is 1. The Morgan fingerprint density at radius 2 is 2.03 bits per heavy atom. The zero-order chi connectivity index (χ0) is 22.2. The van der Waals surface area contributed by atoms with Gasteiger partial charge in [-0.15, -0.1) is 11.3 Å². The SMILES string of the molecule is Cn1ccnc1-c1cc(NC(=O)c2cc(Cl)c(C(F)(F)F)s2)cn(CC(F)F)c1=O. The van der Waals surface area contributed by atoms with E-state index >= 15 is 0 Å². The Kier molecular flexibility index (Phi) is 5.99. The van der Waals surface area contributed by atoms with E-state index in [-0.39, 0.29) is 33.3 Å². The van der Waals surface area contributed by atoms with Gasteiger partial charge in [-0.25, -0.2) is 13.8 Å². The molecule has 0 spiro atoms. The van der Waals surface area contributed by atoms with Crippen LogP contribution < -0.4 is 10.9 Å². The first-order valence-corrected chi connectivity index (χ1v) is 9.35. The van der Waals surface area contributed by atoms with Gasteiger partial charge in [-0.2, -0.15) is 13.2 Å². The standard InChI is InChI=1S/C17H12ClF5N4O2S/c1-26-3-2-24-14(26)9-4-8(6-27(16(9)29)7-12(19)20)25-15(28)11-5-10(18)13(30-11)17(21,22)23/h2-6,12H,7H2,1H3,(H,25,28). The molecule has 0 saturated carbocycles. The summed E-state index contributed by atoms with van der Waals surface area (Å²) in [7, 11) is 1.58. The molecule has 0 radical (unpaired) electrons. The van der Waals surface area contributed by atoms with Crippen LogP contribution in [-0.2, 0) is 19.8 Å². The number of amides is 1. The number of imidazole rings is 1. The number of nitrogens with zero attached hydrogens (tertiary/aromatic N) is 3. The molecular formula is C17H12ClF5N4O2S. The maximum Gasteiger partial charge on any atom is 0.427 e. The second-order valence-electron chi connectivity index (χ2n) is 6.09. The highest BCUT2D eigenvalue weighted by atomic mass is 35.5. The van der Waals surface area contributed by atoms with Gasteiger partial charge in [0.1, 0.15) is 10.7 Å². The van der Waals surface area contributed by atoms with E-state index < -0.39 is 40.5 Å². The summed E-state index contributed by atoms with van der Waals surface area (Å²) < 4.78 is 66.6. The van der Waals surface area contributed by atoms with Crippen LogP contribution in [0, 0.1) is 0 Å². The third kappa shape index (κ3) is 4.54. The molecule has 6 nitrogen and oxygen atoms in total. The average molecular weight is 467 g/mol. The van der Waals surface area contributed by atoms with Crippen LogP contribution in [0.2, 0.25) is 5.02 Å². The summed E-state index contributed by atoms with van der Waals surface area (Å²) in [6.07, 6.45) is -3.67. The minimum Gasteiger partial charge on any atom is -0.334 e. The van der Waals surface area contributed by atoms with Gasteiger partial charge < -0.3 is 14.5 Å². The highest BCUT2D eigenvalue weighted by molar-refractivity contribution is 7.14. The van der Waals surface area contributed by atoms with E-state index in [2.05, 4.69) is 10.3 Å². The van der Waals surface area contributed by atoms with Crippen molar-refractivity contribution in [1.29, 1.82) is 0 Å². The number of alkyl halides is 5. The van der Waals surface area contributed by atoms with Crippen molar-refractivity contribution in [3.63, 3.8) is 0 Å². The number of halogens is 6. The molecule has 0 aromatic carbocycles. The van der Waals surface area contributed by atoms with E-state index in [0.29, 0.717) is 4.57 Å². The van der Waals surface area contributed by atoms with Crippen molar-refractivity contribution in [2.45, 2.75) is 19.1 Å². The Morgan fingerprint density at radius 3 is 2.57 bits per heavy atom. The topological polar surface area (TPSA) is 68.9 Å². The van der Waals surface area contributed by atoms with E-state index in [1.807, 2.05) is 0 Å². The summed E-state index contributed by atoms with van der Waals surface area (Å²) in [6, 6.07) is 2.07. The molecule has 3 rings (SSSR count). The fourth-order valence-corrected chi connectivity index (χ4v) is 3.85. The van der Waals surface area contributed by atoms with Crippen LogP contribution in [0.15, 0.2) is 35.5 Å². The highest BCUT2D eigenvalue weighted by Crippen LogP contribution is 2.40. The minimum absolute atomic E-state index is 0.0684. The van der Waals surface area contributed by atoms with Gasteiger partial charge in [-0.3, -0.25) is 9.59 Å². The molecule has 0 aliphatic heterocycles. The third-order valence-electron chi connectivity index (χ3n) is 3.91. The number of rotatable bonds is 5. The van der Waals surface area contributed by atoms with Gasteiger partial charge in [-0.1, -0.05) is 11.6 Å². The van der Waals surface area contributed by atoms with Gasteiger partial charge in [0.2, 0.25) is 0 Å². The smallest absolute Gasteiger partial charge is 0.334 e. The molecule has 0 aliphatic rings. The molecular weight excluding hydrogens is 455 g/mol. The Labute approximate surface area is 174 Å². The van der Waals surface area contributed by atoms with E-state index in [1.54, 1.807) is 7.05 Å². The zero-order valence-corrected chi connectivity index (χ0v) is 16.6. The summed E-state index contributed by atoms with van der Waals surface area (Å²) in [5, 5.41) is 1.69. The molecule has 0 fully saturated rings. The number of nitrogens with one attached hydrogen (secondary N) is 1. The van der Waals surface area contributed by atoms with Crippen molar-refractivity contribution in [3.8, 4) is 11.4 Å². The molecule has 1 amide bonds. The van der Waals surface area contributed by atoms with Gasteiger partial charge in [0.15, 0.2) is 0 Å². The molecule has 0 unspecified atom stereocenters. The van der Waals surface area contributed by atoms with Gasteiger partial charge in [-0.05, 0) is 12.1 Å². The van der Waals surface area contributed by atoms with Crippen molar-refractivity contribution in [2.24, 2.45) is 7.05 Å². The first-order valence-electron chi connectivity index (χ1n) is 8.15. The van der Waals surface area contributed by atoms with E-state index in [9.17, 15) is 31.5 Å². The molecule has 30 heavy (non-hydrogen) atoms. The predicted molar refractivity (Wildman–Crippen MR) is 101 cm³/mol. The first kappa shape index (κ1) is 22.0. The van der Waals surface area contributed by atoms with Crippen molar-refractivity contribution in [3.05, 3.63) is 55.9 Å². The van der Waals surface area contributed by atoms with E-state index in [4.69, 9.17) is 11.6 Å². The molecule has 0 saturated heterocycles. The predicted octanol–water partition coefficient (Wildman–Crippen LogP) is 4.50. The van der Waals surface area contributed by atoms with Crippen LogP contribution in [-0.4, -0.2) is 26.5 Å². The molecule has 0 aliphatic carbocycles. The second kappa shape index (κ2) is 8.19. The van der Waals surface area contributed by atoms with E-state index in [0.717, 1.165) is 12.3 Å². The summed E-state index contributed by atoms with van der Waals surface area (Å²) in [4.78, 5) is 27.5. The Morgan fingerprint density at radius 1 is 1.33 bits per heavy atom. The normalized spacial score (nSPS) is 11.9. The lowest BCUT2D eigenvalue weighted by molar-refractivity contribution is -0.134. The number of aryl methyl sites for hydroxylation is 1. The second-order valence-corrected chi connectivity index (χ2v) is 7.55. The lowest BCUT2D eigenvalue weighted by Crippen LogP contribution is -2.26. The average Bonchev–Trinajstić information content (AvgIpc) is 3.22. The zero-order valence-electron chi connectivity index (χ0n) is 15.0. The van der Waals surface area contributed by atoms with Crippen LogP contribution >= 0.6 is 22.9 Å². The van der Waals surface area contributed by atoms with E-state index in [1.165, 1.54) is 23.0 Å². The van der Waals surface area contributed by atoms with Crippen molar-refractivity contribution < 1.29 is 26.7 Å². The fourth-order valence-electron chi connectivity index (χ4n) is 2.64. The van der Waals surface area contributed by atoms with Crippen LogP contribution in [0.4, 0.5) is 27.6 Å². The lowest BCUT2D eigenvalue weighted by atomic mass is 10.2. The molecule has 0 atom stereocenters. The number of aromatic nitrogens is 3.